The molecule has 3 aromatic rings. The molecule has 138 valence electrons. The van der Waals surface area contributed by atoms with Gasteiger partial charge >= 0.3 is 0 Å². The summed E-state index contributed by atoms with van der Waals surface area (Å²) >= 11 is 0. The van der Waals surface area contributed by atoms with Crippen LogP contribution in [-0.4, -0.2) is 15.9 Å². The first-order valence-electron chi connectivity index (χ1n) is 8.73. The van der Waals surface area contributed by atoms with E-state index in [1.807, 2.05) is 24.3 Å². The van der Waals surface area contributed by atoms with E-state index in [1.54, 1.807) is 12.1 Å². The summed E-state index contributed by atoms with van der Waals surface area (Å²) in [5, 5.41) is 5.99. The fraction of sp³-hybridized carbons (Fsp3) is 0.190. The molecule has 5 nitrogen and oxygen atoms in total. The Labute approximate surface area is 157 Å². The second-order valence-electron chi connectivity index (χ2n) is 6.46. The SMILES string of the molecule is CC(C)c1ccccc1NC(=O)c1cnc(NCc2ccc(F)cc2)cn1. The van der Waals surface area contributed by atoms with Gasteiger partial charge in [0.05, 0.1) is 12.4 Å². The minimum absolute atomic E-state index is 0.237. The summed E-state index contributed by atoms with van der Waals surface area (Å²) in [7, 11) is 0. The molecule has 0 aliphatic carbocycles. The summed E-state index contributed by atoms with van der Waals surface area (Å²) in [6.45, 7) is 4.64. The Morgan fingerprint density at radius 1 is 1.04 bits per heavy atom. The lowest BCUT2D eigenvalue weighted by atomic mass is 10.0. The van der Waals surface area contributed by atoms with Gasteiger partial charge in [0.15, 0.2) is 0 Å². The van der Waals surface area contributed by atoms with E-state index in [0.717, 1.165) is 16.8 Å². The summed E-state index contributed by atoms with van der Waals surface area (Å²) in [4.78, 5) is 20.8. The largest absolute Gasteiger partial charge is 0.365 e. The predicted octanol–water partition coefficient (Wildman–Crippen LogP) is 4.60. The number of hydrogen-bond acceptors (Lipinski definition) is 4. The third-order valence-corrected chi connectivity index (χ3v) is 4.10. The molecule has 2 N–H and O–H groups in total. The van der Waals surface area contributed by atoms with Crippen molar-refractivity contribution in [1.82, 2.24) is 9.97 Å². The number of hydrogen-bond donors (Lipinski definition) is 2. The zero-order valence-electron chi connectivity index (χ0n) is 15.2. The molecule has 0 aliphatic heterocycles. The molecule has 3 rings (SSSR count). The van der Waals surface area contributed by atoms with Crippen LogP contribution in [-0.2, 0) is 6.54 Å². The lowest BCUT2D eigenvalue weighted by molar-refractivity contribution is 0.102. The van der Waals surface area contributed by atoms with Crippen LogP contribution in [0, 0.1) is 5.82 Å². The molecule has 27 heavy (non-hydrogen) atoms. The summed E-state index contributed by atoms with van der Waals surface area (Å²) in [5.41, 5.74) is 3.00. The molecule has 1 amide bonds. The number of para-hydroxylation sites is 1. The monoisotopic (exact) mass is 364 g/mol. The average molecular weight is 364 g/mol. The maximum Gasteiger partial charge on any atom is 0.275 e. The number of carbonyl (C=O) groups is 1. The van der Waals surface area contributed by atoms with Gasteiger partial charge in [-0.3, -0.25) is 4.79 Å². The smallest absolute Gasteiger partial charge is 0.275 e. The van der Waals surface area contributed by atoms with Gasteiger partial charge in [0.1, 0.15) is 17.3 Å². The fourth-order valence-corrected chi connectivity index (χ4v) is 2.63. The highest BCUT2D eigenvalue weighted by molar-refractivity contribution is 6.03. The van der Waals surface area contributed by atoms with E-state index in [-0.39, 0.29) is 17.4 Å². The number of rotatable bonds is 6. The van der Waals surface area contributed by atoms with Gasteiger partial charge in [0, 0.05) is 12.2 Å². The van der Waals surface area contributed by atoms with E-state index < -0.39 is 0 Å². The van der Waals surface area contributed by atoms with Crippen molar-refractivity contribution in [2.75, 3.05) is 10.6 Å². The molecule has 2 aromatic carbocycles. The van der Waals surface area contributed by atoms with Gasteiger partial charge < -0.3 is 10.6 Å². The lowest BCUT2D eigenvalue weighted by Crippen LogP contribution is -2.16. The van der Waals surface area contributed by atoms with Crippen molar-refractivity contribution in [3.63, 3.8) is 0 Å². The number of aromatic nitrogens is 2. The standard InChI is InChI=1S/C21H21FN4O/c1-14(2)17-5-3-4-6-18(17)26-21(27)19-12-25-20(13-23-19)24-11-15-7-9-16(22)10-8-15/h3-10,12-14H,11H2,1-2H3,(H,24,25)(H,26,27). The molecule has 0 bridgehead atoms. The Balaban J connectivity index is 1.63. The van der Waals surface area contributed by atoms with Crippen molar-refractivity contribution in [2.24, 2.45) is 0 Å². The van der Waals surface area contributed by atoms with Crippen LogP contribution in [0.5, 0.6) is 0 Å². The van der Waals surface area contributed by atoms with Gasteiger partial charge in [-0.1, -0.05) is 44.2 Å². The van der Waals surface area contributed by atoms with Gasteiger partial charge in [0.25, 0.3) is 5.91 Å². The van der Waals surface area contributed by atoms with Crippen LogP contribution in [0.25, 0.3) is 0 Å². The first-order valence-corrected chi connectivity index (χ1v) is 8.73. The zero-order chi connectivity index (χ0) is 19.2. The second-order valence-corrected chi connectivity index (χ2v) is 6.46. The maximum absolute atomic E-state index is 12.9. The molecule has 0 fully saturated rings. The van der Waals surface area contributed by atoms with E-state index in [9.17, 15) is 9.18 Å². The Kier molecular flexibility index (Phi) is 5.76. The van der Waals surface area contributed by atoms with E-state index in [0.29, 0.717) is 18.3 Å². The summed E-state index contributed by atoms with van der Waals surface area (Å²) in [6, 6.07) is 13.9. The van der Waals surface area contributed by atoms with E-state index >= 15 is 0 Å². The number of halogens is 1. The van der Waals surface area contributed by atoms with Crippen LogP contribution in [0.1, 0.15) is 41.4 Å². The normalized spacial score (nSPS) is 10.7. The van der Waals surface area contributed by atoms with Crippen molar-refractivity contribution in [2.45, 2.75) is 26.3 Å². The van der Waals surface area contributed by atoms with Crippen molar-refractivity contribution in [3.05, 3.63) is 83.6 Å². The van der Waals surface area contributed by atoms with Crippen LogP contribution < -0.4 is 10.6 Å². The molecule has 0 aliphatic rings. The van der Waals surface area contributed by atoms with Crippen LogP contribution in [0.3, 0.4) is 0 Å². The first kappa shape index (κ1) is 18.5. The average Bonchev–Trinajstić information content (AvgIpc) is 2.68. The molecule has 1 heterocycles. The molecule has 0 atom stereocenters. The van der Waals surface area contributed by atoms with Gasteiger partial charge in [-0.15, -0.1) is 0 Å². The molecule has 6 heteroatoms. The van der Waals surface area contributed by atoms with Crippen LogP contribution in [0.2, 0.25) is 0 Å². The van der Waals surface area contributed by atoms with Crippen molar-refractivity contribution < 1.29 is 9.18 Å². The van der Waals surface area contributed by atoms with E-state index in [2.05, 4.69) is 34.4 Å². The molecular weight excluding hydrogens is 343 g/mol. The molecule has 0 saturated heterocycles. The molecule has 0 radical (unpaired) electrons. The van der Waals surface area contributed by atoms with Crippen LogP contribution in [0.15, 0.2) is 60.9 Å². The molecule has 0 unspecified atom stereocenters. The molecule has 0 spiro atoms. The highest BCUT2D eigenvalue weighted by Gasteiger charge is 2.12. The van der Waals surface area contributed by atoms with Gasteiger partial charge in [0.2, 0.25) is 0 Å². The fourth-order valence-electron chi connectivity index (χ4n) is 2.63. The summed E-state index contributed by atoms with van der Waals surface area (Å²) in [5.74, 6) is 0.262. The molecular formula is C21H21FN4O. The summed E-state index contributed by atoms with van der Waals surface area (Å²) < 4.78 is 12.9. The van der Waals surface area contributed by atoms with Gasteiger partial charge in [-0.05, 0) is 35.2 Å². The number of anilines is 2. The Bertz CT molecular complexity index is 908. The molecule has 0 saturated carbocycles. The van der Waals surface area contributed by atoms with Gasteiger partial charge in [-0.25, -0.2) is 14.4 Å². The van der Waals surface area contributed by atoms with Gasteiger partial charge in [-0.2, -0.15) is 0 Å². The Morgan fingerprint density at radius 3 is 2.44 bits per heavy atom. The first-order chi connectivity index (χ1) is 13.0. The van der Waals surface area contributed by atoms with Crippen LogP contribution in [0.4, 0.5) is 15.9 Å². The minimum Gasteiger partial charge on any atom is -0.365 e. The van der Waals surface area contributed by atoms with E-state index in [1.165, 1.54) is 24.5 Å². The van der Waals surface area contributed by atoms with Crippen LogP contribution >= 0.6 is 0 Å². The number of amides is 1. The third-order valence-electron chi connectivity index (χ3n) is 4.10. The minimum atomic E-state index is -0.305. The number of nitrogens with one attached hydrogen (secondary N) is 2. The topological polar surface area (TPSA) is 66.9 Å². The van der Waals surface area contributed by atoms with Crippen molar-refractivity contribution in [3.8, 4) is 0 Å². The summed E-state index contributed by atoms with van der Waals surface area (Å²) in [6.07, 6.45) is 2.94. The highest BCUT2D eigenvalue weighted by atomic mass is 19.1. The Morgan fingerprint density at radius 2 is 1.78 bits per heavy atom. The quantitative estimate of drug-likeness (QED) is 0.671. The highest BCUT2D eigenvalue weighted by Crippen LogP contribution is 2.24. The second kappa shape index (κ2) is 8.40. The van der Waals surface area contributed by atoms with Crippen molar-refractivity contribution in [1.29, 1.82) is 0 Å². The maximum atomic E-state index is 12.9. The zero-order valence-corrected chi connectivity index (χ0v) is 15.2. The predicted molar refractivity (Wildman–Crippen MR) is 104 cm³/mol. The van der Waals surface area contributed by atoms with E-state index in [4.69, 9.17) is 0 Å². The number of benzene rings is 2. The lowest BCUT2D eigenvalue weighted by Gasteiger charge is -2.13. The third kappa shape index (κ3) is 4.88. The number of carbonyl (C=O) groups excluding carboxylic acids is 1. The number of nitrogens with zero attached hydrogens (tertiary/aromatic N) is 2. The Hall–Kier alpha value is -3.28. The molecule has 1 aromatic heterocycles. The van der Waals surface area contributed by atoms with Crippen molar-refractivity contribution >= 4 is 17.4 Å².